The molecule has 1 saturated heterocycles. The molecule has 1 aliphatic heterocycles. The summed E-state index contributed by atoms with van der Waals surface area (Å²) in [6.45, 7) is 0.661. The zero-order valence-electron chi connectivity index (χ0n) is 14.8. The summed E-state index contributed by atoms with van der Waals surface area (Å²) in [5.41, 5.74) is 3.60. The molecule has 0 radical (unpaired) electrons. The third-order valence-electron chi connectivity index (χ3n) is 4.98. The van der Waals surface area contributed by atoms with E-state index < -0.39 is 0 Å². The molecule has 0 bridgehead atoms. The van der Waals surface area contributed by atoms with E-state index >= 15 is 0 Å². The first-order valence-corrected chi connectivity index (χ1v) is 8.82. The van der Waals surface area contributed by atoms with Crippen LogP contribution in [0.5, 0.6) is 0 Å². The van der Waals surface area contributed by atoms with Gasteiger partial charge in [-0.05, 0) is 24.1 Å². The van der Waals surface area contributed by atoms with Crippen LogP contribution in [0.2, 0.25) is 0 Å². The highest BCUT2D eigenvalue weighted by molar-refractivity contribution is 5.93. The van der Waals surface area contributed by atoms with Gasteiger partial charge in [-0.1, -0.05) is 0 Å². The minimum atomic E-state index is 0.162. The zero-order valence-corrected chi connectivity index (χ0v) is 14.8. The highest BCUT2D eigenvalue weighted by atomic mass is 16.2. The number of aromatic nitrogens is 6. The van der Waals surface area contributed by atoms with Crippen molar-refractivity contribution in [2.24, 2.45) is 0 Å². The quantitative estimate of drug-likeness (QED) is 0.575. The van der Waals surface area contributed by atoms with Crippen molar-refractivity contribution in [3.63, 3.8) is 0 Å². The molecule has 1 unspecified atom stereocenters. The fourth-order valence-corrected chi connectivity index (χ4v) is 3.51. The fraction of sp³-hybridized carbons (Fsp3) is 0.278. The molecule has 9 heteroatoms. The number of carbonyl (C=O) groups is 1. The first-order chi connectivity index (χ1) is 13.2. The Hall–Kier alpha value is -3.49. The second-order valence-electron chi connectivity index (χ2n) is 6.79. The molecule has 4 aromatic rings. The minimum absolute atomic E-state index is 0.162. The molecular formula is C18H18N8O. The molecule has 9 nitrogen and oxygen atoms in total. The van der Waals surface area contributed by atoms with Gasteiger partial charge in [0.15, 0.2) is 5.65 Å². The molecule has 1 aliphatic rings. The third-order valence-corrected chi connectivity index (χ3v) is 4.98. The lowest BCUT2D eigenvalue weighted by atomic mass is 10.1. The lowest BCUT2D eigenvalue weighted by Gasteiger charge is -2.30. The number of likely N-dealkylation sites (tertiary alicyclic amines) is 1. The van der Waals surface area contributed by atoms with Gasteiger partial charge in [0, 0.05) is 55.6 Å². The first-order valence-electron chi connectivity index (χ1n) is 8.82. The Kier molecular flexibility index (Phi) is 3.52. The van der Waals surface area contributed by atoms with Gasteiger partial charge in [0.25, 0.3) is 0 Å². The average molecular weight is 362 g/mol. The van der Waals surface area contributed by atoms with Gasteiger partial charge < -0.3 is 15.2 Å². The Labute approximate surface area is 154 Å². The second-order valence-corrected chi connectivity index (χ2v) is 6.79. The molecular weight excluding hydrogens is 344 g/mol. The van der Waals surface area contributed by atoms with Crippen molar-refractivity contribution in [2.45, 2.75) is 18.9 Å². The molecule has 0 aromatic carbocycles. The number of anilines is 1. The molecule has 27 heavy (non-hydrogen) atoms. The van der Waals surface area contributed by atoms with Crippen LogP contribution in [0.4, 0.5) is 5.95 Å². The van der Waals surface area contributed by atoms with Crippen LogP contribution in [0.1, 0.15) is 12.8 Å². The topological polar surface area (TPSA) is 104 Å². The molecule has 5 rings (SSSR count). The number of amides is 1. The Morgan fingerprint density at radius 1 is 1.33 bits per heavy atom. The number of nitrogens with zero attached hydrogens (tertiary/aromatic N) is 6. The van der Waals surface area contributed by atoms with Crippen molar-refractivity contribution in [1.82, 2.24) is 34.4 Å². The maximum Gasteiger partial charge on any atom is 0.224 e. The number of piperidine rings is 1. The molecule has 2 N–H and O–H groups in total. The van der Waals surface area contributed by atoms with Gasteiger partial charge >= 0.3 is 0 Å². The van der Waals surface area contributed by atoms with E-state index in [9.17, 15) is 4.79 Å². The van der Waals surface area contributed by atoms with Crippen molar-refractivity contribution in [1.29, 1.82) is 0 Å². The SMILES string of the molecule is CN1CC(Nc2ncc3c(-c4ccn5ncnc5c4)c[nH]c3n2)CCC1=O. The highest BCUT2D eigenvalue weighted by Crippen LogP contribution is 2.28. The molecule has 1 amide bonds. The molecule has 1 fully saturated rings. The number of hydrogen-bond donors (Lipinski definition) is 2. The predicted octanol–water partition coefficient (Wildman–Crippen LogP) is 1.70. The summed E-state index contributed by atoms with van der Waals surface area (Å²) < 4.78 is 1.73. The number of pyridine rings is 1. The smallest absolute Gasteiger partial charge is 0.224 e. The average Bonchev–Trinajstić information content (AvgIpc) is 3.30. The van der Waals surface area contributed by atoms with Crippen LogP contribution in [0.3, 0.4) is 0 Å². The van der Waals surface area contributed by atoms with E-state index in [1.807, 2.05) is 37.8 Å². The van der Waals surface area contributed by atoms with Gasteiger partial charge in [-0.2, -0.15) is 10.1 Å². The van der Waals surface area contributed by atoms with Crippen molar-refractivity contribution in [2.75, 3.05) is 18.9 Å². The van der Waals surface area contributed by atoms with Crippen LogP contribution in [0.15, 0.2) is 37.1 Å². The van der Waals surface area contributed by atoms with Gasteiger partial charge in [0.1, 0.15) is 12.0 Å². The molecule has 0 spiro atoms. The third kappa shape index (κ3) is 2.77. The Morgan fingerprint density at radius 2 is 2.26 bits per heavy atom. The number of carbonyl (C=O) groups excluding carboxylic acids is 1. The summed E-state index contributed by atoms with van der Waals surface area (Å²) in [5.74, 6) is 0.750. The molecule has 1 atom stereocenters. The molecule has 4 aromatic heterocycles. The van der Waals surface area contributed by atoms with Crippen molar-refractivity contribution < 1.29 is 4.79 Å². The van der Waals surface area contributed by atoms with Crippen LogP contribution in [-0.2, 0) is 4.79 Å². The largest absolute Gasteiger partial charge is 0.350 e. The van der Waals surface area contributed by atoms with Gasteiger partial charge in [-0.25, -0.2) is 14.5 Å². The summed E-state index contributed by atoms with van der Waals surface area (Å²) in [6.07, 6.45) is 8.51. The van der Waals surface area contributed by atoms with E-state index in [1.54, 1.807) is 9.42 Å². The normalized spacial score (nSPS) is 17.7. The van der Waals surface area contributed by atoms with Crippen LogP contribution in [0, 0.1) is 0 Å². The number of hydrogen-bond acceptors (Lipinski definition) is 6. The molecule has 0 saturated carbocycles. The molecule has 5 heterocycles. The van der Waals surface area contributed by atoms with Gasteiger partial charge in [0.2, 0.25) is 11.9 Å². The van der Waals surface area contributed by atoms with Gasteiger partial charge in [-0.15, -0.1) is 0 Å². The summed E-state index contributed by atoms with van der Waals surface area (Å²) >= 11 is 0. The van der Waals surface area contributed by atoms with Crippen molar-refractivity contribution in [3.05, 3.63) is 37.1 Å². The van der Waals surface area contributed by atoms with Crippen LogP contribution in [-0.4, -0.2) is 60.0 Å². The Morgan fingerprint density at radius 3 is 3.15 bits per heavy atom. The van der Waals surface area contributed by atoms with E-state index in [1.165, 1.54) is 6.33 Å². The second kappa shape index (κ2) is 6.04. The molecule has 136 valence electrons. The maximum atomic E-state index is 11.6. The predicted molar refractivity (Wildman–Crippen MR) is 100 cm³/mol. The fourth-order valence-electron chi connectivity index (χ4n) is 3.51. The van der Waals surface area contributed by atoms with Crippen LogP contribution in [0.25, 0.3) is 27.8 Å². The number of H-pyrrole nitrogens is 1. The number of rotatable bonds is 3. The molecule has 0 aliphatic carbocycles. The highest BCUT2D eigenvalue weighted by Gasteiger charge is 2.23. The van der Waals surface area contributed by atoms with E-state index in [0.717, 1.165) is 34.2 Å². The van der Waals surface area contributed by atoms with E-state index in [-0.39, 0.29) is 11.9 Å². The van der Waals surface area contributed by atoms with Gasteiger partial charge in [-0.3, -0.25) is 4.79 Å². The monoisotopic (exact) mass is 362 g/mol. The Bertz CT molecular complexity index is 1150. The van der Waals surface area contributed by atoms with Crippen LogP contribution < -0.4 is 5.32 Å². The number of fused-ring (bicyclic) bond motifs is 2. The number of aromatic amines is 1. The zero-order chi connectivity index (χ0) is 18.4. The number of likely N-dealkylation sites (N-methyl/N-ethyl adjacent to an activating group) is 1. The van der Waals surface area contributed by atoms with E-state index in [0.29, 0.717) is 18.9 Å². The minimum Gasteiger partial charge on any atom is -0.350 e. The maximum absolute atomic E-state index is 11.6. The van der Waals surface area contributed by atoms with Crippen molar-refractivity contribution >= 4 is 28.5 Å². The van der Waals surface area contributed by atoms with E-state index in [4.69, 9.17) is 0 Å². The summed E-state index contributed by atoms with van der Waals surface area (Å²) in [7, 11) is 1.82. The van der Waals surface area contributed by atoms with Crippen molar-refractivity contribution in [3.8, 4) is 11.1 Å². The first kappa shape index (κ1) is 15.7. The lowest BCUT2D eigenvalue weighted by molar-refractivity contribution is -0.132. The van der Waals surface area contributed by atoms with Crippen LogP contribution >= 0.6 is 0 Å². The lowest BCUT2D eigenvalue weighted by Crippen LogP contribution is -2.43. The summed E-state index contributed by atoms with van der Waals surface area (Å²) in [6, 6.07) is 4.14. The van der Waals surface area contributed by atoms with E-state index in [2.05, 4.69) is 30.4 Å². The Balaban J connectivity index is 1.43. The van der Waals surface area contributed by atoms with Gasteiger partial charge in [0.05, 0.1) is 0 Å². The standard InChI is InChI=1S/C18H18N8O/c1-25-9-12(2-3-16(25)27)23-18-20-8-14-13(7-19-17(14)24-18)11-4-5-26-15(6-11)21-10-22-26/h4-8,10,12H,2-3,9H2,1H3,(H2,19,20,23,24). The number of nitrogens with one attached hydrogen (secondary N) is 2. The summed E-state index contributed by atoms with van der Waals surface area (Å²) in [5, 5.41) is 8.40. The summed E-state index contributed by atoms with van der Waals surface area (Å²) in [4.78, 5) is 29.9.